The number of carbonyl (C=O) groups is 2. The normalized spacial score (nSPS) is 21.5. The number of methoxy groups -OCH3 is 1. The molecule has 10 heteroatoms. The van der Waals surface area contributed by atoms with E-state index in [1.807, 2.05) is 13.8 Å². The summed E-state index contributed by atoms with van der Waals surface area (Å²) in [6, 6.07) is 2.73. The van der Waals surface area contributed by atoms with Crippen molar-refractivity contribution in [2.75, 3.05) is 26.8 Å². The van der Waals surface area contributed by atoms with Gasteiger partial charge in [-0.3, -0.25) is 9.59 Å². The summed E-state index contributed by atoms with van der Waals surface area (Å²) >= 11 is 2.08. The molecule has 0 aromatic heterocycles. The zero-order chi connectivity index (χ0) is 28.5. The lowest BCUT2D eigenvalue weighted by atomic mass is 9.85. The van der Waals surface area contributed by atoms with Gasteiger partial charge in [0.2, 0.25) is 11.8 Å². The highest BCUT2D eigenvalue weighted by Gasteiger charge is 2.41. The summed E-state index contributed by atoms with van der Waals surface area (Å²) in [5.41, 5.74) is 1.88. The van der Waals surface area contributed by atoms with Gasteiger partial charge in [-0.1, -0.05) is 24.8 Å². The fourth-order valence-corrected chi connectivity index (χ4v) is 6.05. The predicted octanol–water partition coefficient (Wildman–Crippen LogP) is 3.08. The third-order valence-electron chi connectivity index (χ3n) is 7.22. The second-order valence-electron chi connectivity index (χ2n) is 10.5. The standard InChI is InChI=1S/C29H41IN2O7/c1-18(2)11-26(35)32(16-19-7-5-4-6-8-19)23-14-21(29(37)31-9-10-33)15-24(27(23)36)39-28-22(30)12-20(17-34)13-25(28)38-3/h11-13,15,19,23-24,27,33-34,36H,4-10,14,16-17H2,1-3H3,(H,31,37). The molecule has 0 spiro atoms. The van der Waals surface area contributed by atoms with Crippen molar-refractivity contribution in [3.8, 4) is 11.5 Å². The average Bonchev–Trinajstić information content (AvgIpc) is 2.92. The Morgan fingerprint density at radius 3 is 2.51 bits per heavy atom. The second kappa shape index (κ2) is 15.0. The number of nitrogens with zero attached hydrogens (tertiary/aromatic N) is 1. The van der Waals surface area contributed by atoms with Crippen LogP contribution in [0, 0.1) is 9.49 Å². The Bertz CT molecular complexity index is 1060. The Morgan fingerprint density at radius 2 is 1.90 bits per heavy atom. The van der Waals surface area contributed by atoms with Crippen LogP contribution in [0.25, 0.3) is 0 Å². The molecule has 0 bridgehead atoms. The molecule has 0 radical (unpaired) electrons. The minimum absolute atomic E-state index is 0.0890. The number of hydrogen-bond donors (Lipinski definition) is 4. The summed E-state index contributed by atoms with van der Waals surface area (Å²) in [6.45, 7) is 3.93. The molecule has 0 aliphatic heterocycles. The zero-order valence-corrected chi connectivity index (χ0v) is 25.1. The van der Waals surface area contributed by atoms with Crippen molar-refractivity contribution in [3.05, 3.63) is 44.6 Å². The summed E-state index contributed by atoms with van der Waals surface area (Å²) in [4.78, 5) is 28.3. The quantitative estimate of drug-likeness (QED) is 0.213. The van der Waals surface area contributed by atoms with Gasteiger partial charge in [0.25, 0.3) is 0 Å². The van der Waals surface area contributed by atoms with Crippen molar-refractivity contribution in [2.24, 2.45) is 5.92 Å². The van der Waals surface area contributed by atoms with Crippen molar-refractivity contribution in [1.29, 1.82) is 0 Å². The van der Waals surface area contributed by atoms with E-state index in [9.17, 15) is 24.9 Å². The van der Waals surface area contributed by atoms with E-state index < -0.39 is 18.2 Å². The number of allylic oxidation sites excluding steroid dienone is 1. The molecule has 2 aliphatic rings. The van der Waals surface area contributed by atoms with Crippen LogP contribution in [0.2, 0.25) is 0 Å². The number of halogens is 1. The Hall–Kier alpha value is -2.15. The Morgan fingerprint density at radius 1 is 1.18 bits per heavy atom. The molecule has 1 aromatic carbocycles. The summed E-state index contributed by atoms with van der Waals surface area (Å²) in [7, 11) is 1.49. The first-order chi connectivity index (χ1) is 18.7. The number of amides is 2. The Kier molecular flexibility index (Phi) is 12.1. The van der Waals surface area contributed by atoms with Gasteiger partial charge in [0, 0.05) is 31.2 Å². The molecule has 1 aromatic rings. The first-order valence-electron chi connectivity index (χ1n) is 13.6. The van der Waals surface area contributed by atoms with Crippen LogP contribution >= 0.6 is 22.6 Å². The molecule has 3 atom stereocenters. The van der Waals surface area contributed by atoms with Crippen molar-refractivity contribution in [3.63, 3.8) is 0 Å². The van der Waals surface area contributed by atoms with E-state index in [4.69, 9.17) is 9.47 Å². The zero-order valence-electron chi connectivity index (χ0n) is 23.0. The number of rotatable bonds is 11. The lowest BCUT2D eigenvalue weighted by molar-refractivity contribution is -0.134. The predicted molar refractivity (Wildman–Crippen MR) is 156 cm³/mol. The molecular formula is C29H41IN2O7. The number of carbonyl (C=O) groups excluding carboxylic acids is 2. The van der Waals surface area contributed by atoms with E-state index in [2.05, 4.69) is 27.9 Å². The third kappa shape index (κ3) is 8.42. The van der Waals surface area contributed by atoms with E-state index in [1.54, 1.807) is 29.2 Å². The first-order valence-corrected chi connectivity index (χ1v) is 14.6. The fourth-order valence-electron chi connectivity index (χ4n) is 5.26. The minimum Gasteiger partial charge on any atom is -0.493 e. The Balaban J connectivity index is 2.01. The molecule has 2 amide bonds. The number of nitrogens with one attached hydrogen (secondary N) is 1. The maximum absolute atomic E-state index is 13.5. The van der Waals surface area contributed by atoms with Gasteiger partial charge in [0.1, 0.15) is 12.2 Å². The fraction of sp³-hybridized carbons (Fsp3) is 0.586. The summed E-state index contributed by atoms with van der Waals surface area (Å²) in [6.07, 6.45) is 6.73. The molecule has 0 saturated heterocycles. The van der Waals surface area contributed by atoms with Crippen LogP contribution in [0.5, 0.6) is 11.5 Å². The molecular weight excluding hydrogens is 615 g/mol. The number of ether oxygens (including phenoxy) is 2. The van der Waals surface area contributed by atoms with Crippen molar-refractivity contribution in [1.82, 2.24) is 10.2 Å². The molecule has 2 aliphatic carbocycles. The maximum atomic E-state index is 13.5. The van der Waals surface area contributed by atoms with Gasteiger partial charge in [-0.25, -0.2) is 0 Å². The summed E-state index contributed by atoms with van der Waals surface area (Å²) in [5.74, 6) is 0.517. The monoisotopic (exact) mass is 656 g/mol. The van der Waals surface area contributed by atoms with E-state index in [1.165, 1.54) is 13.5 Å². The second-order valence-corrected chi connectivity index (χ2v) is 11.7. The van der Waals surface area contributed by atoms with Gasteiger partial charge < -0.3 is 35.0 Å². The van der Waals surface area contributed by atoms with Gasteiger partial charge in [0.05, 0.1) is 29.9 Å². The van der Waals surface area contributed by atoms with Crippen molar-refractivity contribution < 1.29 is 34.4 Å². The molecule has 1 saturated carbocycles. The SMILES string of the molecule is COc1cc(CO)cc(I)c1OC1C=C(C(=O)NCCO)CC(N(CC2CCCCC2)C(=O)C=C(C)C)C1O. The van der Waals surface area contributed by atoms with Gasteiger partial charge in [-0.15, -0.1) is 0 Å². The number of benzene rings is 1. The topological polar surface area (TPSA) is 129 Å². The maximum Gasteiger partial charge on any atom is 0.247 e. The third-order valence-corrected chi connectivity index (χ3v) is 8.02. The highest BCUT2D eigenvalue weighted by molar-refractivity contribution is 14.1. The number of aliphatic hydroxyl groups is 3. The van der Waals surface area contributed by atoms with Crippen LogP contribution < -0.4 is 14.8 Å². The Labute approximate surface area is 244 Å². The van der Waals surface area contributed by atoms with E-state index >= 15 is 0 Å². The largest absolute Gasteiger partial charge is 0.493 e. The van der Waals surface area contributed by atoms with E-state index in [0.717, 1.165) is 31.3 Å². The van der Waals surface area contributed by atoms with Crippen LogP contribution in [-0.4, -0.2) is 77.1 Å². The molecule has 3 unspecified atom stereocenters. The van der Waals surface area contributed by atoms with E-state index in [-0.39, 0.29) is 38.0 Å². The van der Waals surface area contributed by atoms with Crippen LogP contribution in [0.3, 0.4) is 0 Å². The molecule has 216 valence electrons. The average molecular weight is 657 g/mol. The lowest BCUT2D eigenvalue weighted by Crippen LogP contribution is -2.56. The highest BCUT2D eigenvalue weighted by Crippen LogP contribution is 2.37. The van der Waals surface area contributed by atoms with Gasteiger partial charge >= 0.3 is 0 Å². The molecule has 4 N–H and O–H groups in total. The summed E-state index contributed by atoms with van der Waals surface area (Å²) < 4.78 is 12.5. The van der Waals surface area contributed by atoms with Crippen molar-refractivity contribution in [2.45, 2.75) is 77.2 Å². The first kappa shape index (κ1) is 31.4. The molecule has 3 rings (SSSR count). The minimum atomic E-state index is -1.12. The van der Waals surface area contributed by atoms with Crippen LogP contribution in [0.1, 0.15) is 57.9 Å². The highest BCUT2D eigenvalue weighted by atomic mass is 127. The molecule has 9 nitrogen and oxygen atoms in total. The van der Waals surface area contributed by atoms with Gasteiger partial charge in [-0.05, 0) is 79.0 Å². The molecule has 39 heavy (non-hydrogen) atoms. The van der Waals surface area contributed by atoms with Gasteiger partial charge in [-0.2, -0.15) is 0 Å². The lowest BCUT2D eigenvalue weighted by Gasteiger charge is -2.42. The smallest absolute Gasteiger partial charge is 0.247 e. The summed E-state index contributed by atoms with van der Waals surface area (Å²) in [5, 5.41) is 33.2. The molecule has 0 heterocycles. The number of aliphatic hydroxyl groups excluding tert-OH is 3. The number of hydrogen-bond acceptors (Lipinski definition) is 7. The molecule has 1 fully saturated rings. The van der Waals surface area contributed by atoms with Crippen LogP contribution in [0.15, 0.2) is 35.4 Å². The van der Waals surface area contributed by atoms with Crippen molar-refractivity contribution >= 4 is 34.4 Å². The van der Waals surface area contributed by atoms with Crippen LogP contribution in [-0.2, 0) is 16.2 Å². The van der Waals surface area contributed by atoms with Crippen LogP contribution in [0.4, 0.5) is 0 Å². The van der Waals surface area contributed by atoms with Gasteiger partial charge in [0.15, 0.2) is 11.5 Å². The van der Waals surface area contributed by atoms with E-state index in [0.29, 0.717) is 38.7 Å².